The Morgan fingerprint density at radius 2 is 1.96 bits per heavy atom. The second-order valence-electron chi connectivity index (χ2n) is 7.16. The van der Waals surface area contributed by atoms with Gasteiger partial charge >= 0.3 is 6.18 Å². The van der Waals surface area contributed by atoms with Gasteiger partial charge in [0.1, 0.15) is 5.60 Å². The van der Waals surface area contributed by atoms with E-state index < -0.39 is 11.7 Å². The zero-order valence-corrected chi connectivity index (χ0v) is 14.1. The van der Waals surface area contributed by atoms with E-state index >= 15 is 0 Å². The first-order valence-electron chi connectivity index (χ1n) is 8.41. The Labute approximate surface area is 140 Å². The third-order valence-electron chi connectivity index (χ3n) is 4.95. The molecule has 1 aromatic rings. The van der Waals surface area contributed by atoms with Gasteiger partial charge in [0.15, 0.2) is 0 Å². The van der Waals surface area contributed by atoms with Crippen LogP contribution < -0.4 is 0 Å². The van der Waals surface area contributed by atoms with Gasteiger partial charge in [-0.1, -0.05) is 37.2 Å². The van der Waals surface area contributed by atoms with Crippen LogP contribution in [-0.2, 0) is 17.6 Å². The largest absolute Gasteiger partial charge is 0.416 e. The Morgan fingerprint density at radius 3 is 2.54 bits per heavy atom. The van der Waals surface area contributed by atoms with Crippen molar-refractivity contribution in [2.45, 2.75) is 51.4 Å². The Bertz CT molecular complexity index is 617. The van der Waals surface area contributed by atoms with Gasteiger partial charge in [-0.25, -0.2) is 0 Å². The molecule has 0 aromatic heterocycles. The Balaban J connectivity index is 1.57. The zero-order valence-electron chi connectivity index (χ0n) is 14.1. The minimum Gasteiger partial charge on any atom is -0.389 e. The molecule has 1 saturated heterocycles. The highest BCUT2D eigenvalue weighted by atomic mass is 19.4. The van der Waals surface area contributed by atoms with Crippen LogP contribution in [0.1, 0.15) is 44.2 Å². The highest BCUT2D eigenvalue weighted by Gasteiger charge is 2.42. The van der Waals surface area contributed by atoms with E-state index in [9.17, 15) is 13.2 Å². The van der Waals surface area contributed by atoms with E-state index in [1.165, 1.54) is 12.1 Å². The fourth-order valence-electron chi connectivity index (χ4n) is 3.35. The van der Waals surface area contributed by atoms with Crippen LogP contribution in [0.5, 0.6) is 0 Å². The van der Waals surface area contributed by atoms with Crippen molar-refractivity contribution in [1.29, 1.82) is 0 Å². The monoisotopic (exact) mass is 340 g/mol. The lowest BCUT2D eigenvalue weighted by Gasteiger charge is -2.37. The average molecular weight is 340 g/mol. The summed E-state index contributed by atoms with van der Waals surface area (Å²) < 4.78 is 38.4. The molecular weight excluding hydrogens is 317 g/mol. The zero-order chi connectivity index (χ0) is 17.4. The molecule has 2 heterocycles. The van der Waals surface area contributed by atoms with Gasteiger partial charge in [-0.2, -0.15) is 13.2 Å². The van der Waals surface area contributed by atoms with Crippen LogP contribution in [0.25, 0.3) is 0 Å². The minimum atomic E-state index is -4.29. The van der Waals surface area contributed by atoms with E-state index in [0.29, 0.717) is 18.0 Å². The van der Waals surface area contributed by atoms with Crippen LogP contribution in [-0.4, -0.2) is 29.3 Å². The quantitative estimate of drug-likeness (QED) is 0.811. The van der Waals surface area contributed by atoms with E-state index in [-0.39, 0.29) is 5.60 Å². The predicted octanol–water partition coefficient (Wildman–Crippen LogP) is 4.47. The maximum absolute atomic E-state index is 12.8. The third kappa shape index (κ3) is 3.74. The molecular formula is C18H23F3N2O. The Kier molecular flexibility index (Phi) is 4.60. The number of nitrogens with zero attached hydrogens (tertiary/aromatic N) is 2. The molecule has 132 valence electrons. The van der Waals surface area contributed by atoms with E-state index in [4.69, 9.17) is 4.84 Å². The van der Waals surface area contributed by atoms with Crippen molar-refractivity contribution in [3.8, 4) is 0 Å². The topological polar surface area (TPSA) is 24.8 Å². The second-order valence-corrected chi connectivity index (χ2v) is 7.16. The molecule has 1 aromatic carbocycles. The number of halogens is 3. The summed E-state index contributed by atoms with van der Waals surface area (Å²) in [7, 11) is 0. The normalized spacial score (nSPS) is 21.2. The van der Waals surface area contributed by atoms with E-state index in [1.54, 1.807) is 6.07 Å². The molecule has 24 heavy (non-hydrogen) atoms. The Morgan fingerprint density at radius 1 is 1.25 bits per heavy atom. The number of piperidine rings is 1. The first-order valence-corrected chi connectivity index (χ1v) is 8.41. The molecule has 0 unspecified atom stereocenters. The number of hydrogen-bond acceptors (Lipinski definition) is 3. The van der Waals surface area contributed by atoms with Gasteiger partial charge in [0.25, 0.3) is 0 Å². The molecule has 1 spiro atoms. The lowest BCUT2D eigenvalue weighted by Crippen LogP contribution is -2.44. The van der Waals surface area contributed by atoms with Crippen molar-refractivity contribution >= 4 is 5.71 Å². The standard InChI is InChI=1S/C18H23F3N2O/c1-13(2)16-11-17(24-22-16)6-8-23(9-7-17)12-14-4-3-5-15(10-14)18(19,20)21/h3-5,10,13H,6-9,11-12H2,1-2H3. The maximum Gasteiger partial charge on any atom is 0.416 e. The summed E-state index contributed by atoms with van der Waals surface area (Å²) in [6.07, 6.45) is -1.68. The van der Waals surface area contributed by atoms with Crippen LogP contribution in [0.4, 0.5) is 13.2 Å². The van der Waals surface area contributed by atoms with Crippen LogP contribution >= 0.6 is 0 Å². The number of oxime groups is 1. The number of likely N-dealkylation sites (tertiary alicyclic amines) is 1. The van der Waals surface area contributed by atoms with Crippen molar-refractivity contribution in [2.75, 3.05) is 13.1 Å². The molecule has 3 nitrogen and oxygen atoms in total. The smallest absolute Gasteiger partial charge is 0.389 e. The van der Waals surface area contributed by atoms with Crippen molar-refractivity contribution in [1.82, 2.24) is 4.90 Å². The molecule has 2 aliphatic rings. The molecule has 1 fully saturated rings. The summed E-state index contributed by atoms with van der Waals surface area (Å²) in [6.45, 7) is 6.40. The fourth-order valence-corrected chi connectivity index (χ4v) is 3.35. The minimum absolute atomic E-state index is 0.191. The maximum atomic E-state index is 12.8. The summed E-state index contributed by atoms with van der Waals surface area (Å²) in [6, 6.07) is 5.60. The predicted molar refractivity (Wildman–Crippen MR) is 86.7 cm³/mol. The number of rotatable bonds is 3. The van der Waals surface area contributed by atoms with Crippen molar-refractivity contribution in [3.63, 3.8) is 0 Å². The third-order valence-corrected chi connectivity index (χ3v) is 4.95. The van der Waals surface area contributed by atoms with Crippen molar-refractivity contribution in [2.24, 2.45) is 11.1 Å². The lowest BCUT2D eigenvalue weighted by molar-refractivity contribution is -0.137. The number of benzene rings is 1. The van der Waals surface area contributed by atoms with Gasteiger partial charge in [-0.3, -0.25) is 4.90 Å². The summed E-state index contributed by atoms with van der Waals surface area (Å²) in [5, 5.41) is 4.23. The summed E-state index contributed by atoms with van der Waals surface area (Å²) in [4.78, 5) is 7.92. The number of alkyl halides is 3. The summed E-state index contributed by atoms with van der Waals surface area (Å²) in [5.74, 6) is 0.396. The van der Waals surface area contributed by atoms with Gasteiger partial charge in [-0.15, -0.1) is 0 Å². The number of hydrogen-bond donors (Lipinski definition) is 0. The molecule has 0 aliphatic carbocycles. The molecule has 3 rings (SSSR count). The van der Waals surface area contributed by atoms with Crippen LogP contribution in [0, 0.1) is 5.92 Å². The molecule has 0 bridgehead atoms. The molecule has 0 amide bonds. The molecule has 2 aliphatic heterocycles. The molecule has 0 atom stereocenters. The van der Waals surface area contributed by atoms with Crippen LogP contribution in [0.15, 0.2) is 29.4 Å². The first-order chi connectivity index (χ1) is 11.3. The van der Waals surface area contributed by atoms with Crippen molar-refractivity contribution < 1.29 is 18.0 Å². The van der Waals surface area contributed by atoms with Gasteiger partial charge < -0.3 is 4.84 Å². The van der Waals surface area contributed by atoms with Crippen molar-refractivity contribution in [3.05, 3.63) is 35.4 Å². The Hall–Kier alpha value is -1.56. The van der Waals surface area contributed by atoms with Crippen LogP contribution in [0.3, 0.4) is 0 Å². The van der Waals surface area contributed by atoms with E-state index in [0.717, 1.165) is 44.1 Å². The highest BCUT2D eigenvalue weighted by molar-refractivity contribution is 5.87. The fraction of sp³-hybridized carbons (Fsp3) is 0.611. The van der Waals surface area contributed by atoms with Crippen LogP contribution in [0.2, 0.25) is 0 Å². The van der Waals surface area contributed by atoms with E-state index in [1.807, 2.05) is 0 Å². The van der Waals surface area contributed by atoms with Gasteiger partial charge in [0.05, 0.1) is 11.3 Å². The molecule has 6 heteroatoms. The summed E-state index contributed by atoms with van der Waals surface area (Å²) in [5.41, 5.74) is 1.04. The molecule has 0 saturated carbocycles. The average Bonchev–Trinajstić information content (AvgIpc) is 2.94. The lowest BCUT2D eigenvalue weighted by atomic mass is 9.84. The van der Waals surface area contributed by atoms with Gasteiger partial charge in [0, 0.05) is 38.9 Å². The summed E-state index contributed by atoms with van der Waals surface area (Å²) >= 11 is 0. The molecule has 0 radical (unpaired) electrons. The van der Waals surface area contributed by atoms with Gasteiger partial charge in [-0.05, 0) is 17.5 Å². The second kappa shape index (κ2) is 6.39. The first kappa shape index (κ1) is 17.3. The molecule has 0 N–H and O–H groups in total. The SMILES string of the molecule is CC(C)C1=NOC2(CCN(Cc3cccc(C(F)(F)F)c3)CC2)C1. The van der Waals surface area contributed by atoms with Gasteiger partial charge in [0.2, 0.25) is 0 Å². The highest BCUT2D eigenvalue weighted by Crippen LogP contribution is 2.36. The van der Waals surface area contributed by atoms with E-state index in [2.05, 4.69) is 23.9 Å².